The van der Waals surface area contributed by atoms with Crippen molar-refractivity contribution in [3.05, 3.63) is 33.7 Å². The van der Waals surface area contributed by atoms with Gasteiger partial charge in [-0.15, -0.1) is 0 Å². The van der Waals surface area contributed by atoms with Crippen molar-refractivity contribution in [3.63, 3.8) is 0 Å². The third kappa shape index (κ3) is 2.91. The minimum absolute atomic E-state index is 0.245. The standard InChI is InChI=1S/C13H14BrN3O4/c1-6-3-8(14)4-17-10(7(2)15-11(6)17)12(19)16-9(5-18)13(20)21/h3-4,9,18H,5H2,1-2H3,(H,16,19)(H,20,21). The lowest BCUT2D eigenvalue weighted by Gasteiger charge is -2.12. The van der Waals surface area contributed by atoms with E-state index in [1.165, 1.54) is 0 Å². The van der Waals surface area contributed by atoms with E-state index >= 15 is 0 Å². The predicted molar refractivity (Wildman–Crippen MR) is 78.3 cm³/mol. The number of aliphatic hydroxyl groups excluding tert-OH is 1. The quantitative estimate of drug-likeness (QED) is 0.755. The number of halogens is 1. The second-order valence-electron chi connectivity index (χ2n) is 4.63. The first-order valence-corrected chi connectivity index (χ1v) is 6.93. The Morgan fingerprint density at radius 2 is 2.14 bits per heavy atom. The smallest absolute Gasteiger partial charge is 0.328 e. The van der Waals surface area contributed by atoms with Crippen LogP contribution in [0.2, 0.25) is 0 Å². The maximum Gasteiger partial charge on any atom is 0.328 e. The second-order valence-corrected chi connectivity index (χ2v) is 5.54. The number of carboxylic acid groups (broad SMARTS) is 1. The molecule has 0 spiro atoms. The Kier molecular flexibility index (Phi) is 4.29. The molecule has 0 saturated heterocycles. The van der Waals surface area contributed by atoms with E-state index < -0.39 is 24.5 Å². The molecule has 112 valence electrons. The molecule has 8 heteroatoms. The largest absolute Gasteiger partial charge is 0.480 e. The van der Waals surface area contributed by atoms with Gasteiger partial charge in [-0.1, -0.05) is 0 Å². The summed E-state index contributed by atoms with van der Waals surface area (Å²) in [4.78, 5) is 27.5. The molecule has 2 aromatic heterocycles. The molecule has 0 aliphatic carbocycles. The number of imidazole rings is 1. The van der Waals surface area contributed by atoms with Crippen LogP contribution < -0.4 is 5.32 Å². The molecule has 0 radical (unpaired) electrons. The molecule has 7 nitrogen and oxygen atoms in total. The van der Waals surface area contributed by atoms with E-state index in [1.54, 1.807) is 17.5 Å². The number of fused-ring (bicyclic) bond motifs is 1. The molecule has 2 heterocycles. The molecule has 1 atom stereocenters. The van der Waals surface area contributed by atoms with E-state index in [0.717, 1.165) is 10.0 Å². The lowest BCUT2D eigenvalue weighted by molar-refractivity contribution is -0.140. The van der Waals surface area contributed by atoms with Crippen molar-refractivity contribution in [1.82, 2.24) is 14.7 Å². The van der Waals surface area contributed by atoms with Crippen LogP contribution in [0.3, 0.4) is 0 Å². The fourth-order valence-electron chi connectivity index (χ4n) is 2.07. The SMILES string of the molecule is Cc1nc2c(C)cc(Br)cn2c1C(=O)NC(CO)C(=O)O. The van der Waals surface area contributed by atoms with Crippen LogP contribution in [0, 0.1) is 13.8 Å². The fourth-order valence-corrected chi connectivity index (χ4v) is 2.62. The van der Waals surface area contributed by atoms with Crippen molar-refractivity contribution in [2.75, 3.05) is 6.61 Å². The maximum absolute atomic E-state index is 12.3. The van der Waals surface area contributed by atoms with Crippen molar-refractivity contribution in [2.24, 2.45) is 0 Å². The number of carboxylic acids is 1. The van der Waals surface area contributed by atoms with Crippen molar-refractivity contribution < 1.29 is 19.8 Å². The van der Waals surface area contributed by atoms with Crippen LogP contribution in [0.5, 0.6) is 0 Å². The number of aliphatic carboxylic acids is 1. The van der Waals surface area contributed by atoms with Gasteiger partial charge in [0.2, 0.25) is 0 Å². The van der Waals surface area contributed by atoms with Gasteiger partial charge in [-0.3, -0.25) is 9.20 Å². The molecule has 0 bridgehead atoms. The molecule has 0 fully saturated rings. The highest BCUT2D eigenvalue weighted by Crippen LogP contribution is 2.20. The van der Waals surface area contributed by atoms with Crippen molar-refractivity contribution >= 4 is 33.5 Å². The lowest BCUT2D eigenvalue weighted by atomic mass is 10.2. The Labute approximate surface area is 128 Å². The average Bonchev–Trinajstić information content (AvgIpc) is 2.72. The zero-order chi connectivity index (χ0) is 15.7. The van der Waals surface area contributed by atoms with Gasteiger partial charge >= 0.3 is 5.97 Å². The first-order chi connectivity index (χ1) is 9.85. The summed E-state index contributed by atoms with van der Waals surface area (Å²) < 4.78 is 2.37. The highest BCUT2D eigenvalue weighted by Gasteiger charge is 2.24. The minimum atomic E-state index is -1.35. The monoisotopic (exact) mass is 355 g/mol. The van der Waals surface area contributed by atoms with Crippen LogP contribution in [0.4, 0.5) is 0 Å². The number of aryl methyl sites for hydroxylation is 2. The maximum atomic E-state index is 12.3. The summed E-state index contributed by atoms with van der Waals surface area (Å²) in [6.45, 7) is 2.85. The van der Waals surface area contributed by atoms with E-state index in [-0.39, 0.29) is 5.69 Å². The van der Waals surface area contributed by atoms with Crippen molar-refractivity contribution in [1.29, 1.82) is 0 Å². The molecule has 1 unspecified atom stereocenters. The molecule has 1 amide bonds. The van der Waals surface area contributed by atoms with Gasteiger partial charge in [0.15, 0.2) is 6.04 Å². The van der Waals surface area contributed by atoms with Gasteiger partial charge in [0.1, 0.15) is 11.3 Å². The van der Waals surface area contributed by atoms with Crippen LogP contribution >= 0.6 is 15.9 Å². The molecule has 0 aliphatic rings. The van der Waals surface area contributed by atoms with Crippen LogP contribution in [0.25, 0.3) is 5.65 Å². The van der Waals surface area contributed by atoms with E-state index in [9.17, 15) is 9.59 Å². The molecule has 0 aromatic carbocycles. The van der Waals surface area contributed by atoms with E-state index in [1.807, 2.05) is 13.0 Å². The number of nitrogens with one attached hydrogen (secondary N) is 1. The molecular weight excluding hydrogens is 342 g/mol. The fraction of sp³-hybridized carbons (Fsp3) is 0.308. The number of aliphatic hydroxyl groups is 1. The number of amides is 1. The number of aromatic nitrogens is 2. The first-order valence-electron chi connectivity index (χ1n) is 6.14. The summed E-state index contributed by atoms with van der Waals surface area (Å²) in [6, 6.07) is 0.521. The first kappa shape index (κ1) is 15.5. The topological polar surface area (TPSA) is 104 Å². The third-order valence-corrected chi connectivity index (χ3v) is 3.48. The summed E-state index contributed by atoms with van der Waals surface area (Å²) in [6.07, 6.45) is 1.69. The van der Waals surface area contributed by atoms with Gasteiger partial charge in [0, 0.05) is 10.7 Å². The predicted octanol–water partition coefficient (Wildman–Crippen LogP) is 0.889. The minimum Gasteiger partial charge on any atom is -0.480 e. The summed E-state index contributed by atoms with van der Waals surface area (Å²) in [5, 5.41) is 20.1. The van der Waals surface area contributed by atoms with Crippen molar-refractivity contribution in [2.45, 2.75) is 19.9 Å². The normalized spacial score (nSPS) is 12.4. The summed E-state index contributed by atoms with van der Waals surface area (Å²) in [7, 11) is 0. The Hall–Kier alpha value is -1.93. The van der Waals surface area contributed by atoms with Gasteiger partial charge in [-0.25, -0.2) is 9.78 Å². The van der Waals surface area contributed by atoms with Crippen LogP contribution in [-0.2, 0) is 4.79 Å². The van der Waals surface area contributed by atoms with Gasteiger partial charge in [-0.05, 0) is 41.4 Å². The van der Waals surface area contributed by atoms with E-state index in [4.69, 9.17) is 10.2 Å². The zero-order valence-corrected chi connectivity index (χ0v) is 13.0. The Bertz CT molecular complexity index is 726. The van der Waals surface area contributed by atoms with Crippen LogP contribution in [0.1, 0.15) is 21.7 Å². The van der Waals surface area contributed by atoms with Crippen molar-refractivity contribution in [3.8, 4) is 0 Å². The highest BCUT2D eigenvalue weighted by molar-refractivity contribution is 9.10. The molecule has 2 aromatic rings. The number of carbonyl (C=O) groups excluding carboxylic acids is 1. The Morgan fingerprint density at radius 3 is 2.71 bits per heavy atom. The molecule has 0 aliphatic heterocycles. The summed E-state index contributed by atoms with van der Waals surface area (Å²) >= 11 is 3.35. The molecule has 2 rings (SSSR count). The van der Waals surface area contributed by atoms with E-state index in [2.05, 4.69) is 26.2 Å². The van der Waals surface area contributed by atoms with Gasteiger partial charge in [0.05, 0.1) is 12.3 Å². The number of carbonyl (C=O) groups is 2. The molecule has 21 heavy (non-hydrogen) atoms. The van der Waals surface area contributed by atoms with Gasteiger partial charge in [-0.2, -0.15) is 0 Å². The lowest BCUT2D eigenvalue weighted by Crippen LogP contribution is -2.43. The van der Waals surface area contributed by atoms with Gasteiger partial charge < -0.3 is 15.5 Å². The van der Waals surface area contributed by atoms with Crippen LogP contribution in [0.15, 0.2) is 16.7 Å². The molecular formula is C13H14BrN3O4. The number of hydrogen-bond acceptors (Lipinski definition) is 4. The summed E-state index contributed by atoms with van der Waals surface area (Å²) in [5.41, 5.74) is 2.23. The van der Waals surface area contributed by atoms with Gasteiger partial charge in [0.25, 0.3) is 5.91 Å². The highest BCUT2D eigenvalue weighted by atomic mass is 79.9. The zero-order valence-electron chi connectivity index (χ0n) is 11.4. The number of pyridine rings is 1. The summed E-state index contributed by atoms with van der Waals surface area (Å²) in [5.74, 6) is -1.89. The van der Waals surface area contributed by atoms with Crippen LogP contribution in [-0.4, -0.2) is 44.1 Å². The second kappa shape index (κ2) is 5.82. The number of rotatable bonds is 4. The van der Waals surface area contributed by atoms with E-state index in [0.29, 0.717) is 11.3 Å². The number of nitrogens with zero attached hydrogens (tertiary/aromatic N) is 2. The third-order valence-electron chi connectivity index (χ3n) is 3.05. The molecule has 3 N–H and O–H groups in total. The average molecular weight is 356 g/mol. The molecule has 0 saturated carbocycles. The Morgan fingerprint density at radius 1 is 1.48 bits per heavy atom. The number of hydrogen-bond donors (Lipinski definition) is 3. The Balaban J connectivity index is 2.48.